The minimum atomic E-state index is -2.60. The number of ether oxygens (including phenoxy) is 5. The van der Waals surface area contributed by atoms with Gasteiger partial charge in [0.15, 0.2) is 23.8 Å². The molecule has 32 heteroatoms. The Morgan fingerprint density at radius 2 is 1.75 bits per heavy atom. The molecule has 7 aliphatic rings. The van der Waals surface area contributed by atoms with Crippen molar-refractivity contribution in [1.82, 2.24) is 51.3 Å². The number of carbonyl (C=O) groups is 7. The zero-order chi connectivity index (χ0) is 71.6. The largest absolute Gasteiger partial charge is 0.496 e. The number of rotatable bonds is 28. The molecule has 11 rings (SSSR count). The molecule has 4 amide bonds. The first-order chi connectivity index (χ1) is 47.9. The number of para-hydroxylation sites is 1. The first-order valence-corrected chi connectivity index (χ1v) is 36.3. The number of carboxylic acid groups (broad SMARTS) is 1. The molecule has 3 radical (unpaired) electrons. The van der Waals surface area contributed by atoms with Gasteiger partial charge in [-0.15, -0.1) is 5.10 Å². The molecule has 1 spiro atoms. The van der Waals surface area contributed by atoms with Crippen LogP contribution in [-0.4, -0.2) is 252 Å². The van der Waals surface area contributed by atoms with Gasteiger partial charge in [-0.05, 0) is 81.2 Å². The standard InChI is InChI=1S/C68H90N11O19S2/c1-7-50(82)70-38(4)48(81)28-40(27-41-34-79(75-72-41)22-23-96-58-53(85)51(83)52(84)54(98-58)57(87)88)56(86)69-18-25-99-100-26-24-97-63(91)74-73-62(90)68(93)60-67(17-21-78-19-12-16-65(9-3,59(67)78)61(68)89)44-29-45(49(94-6)30-47(44)76(60)5)66(36-95-37-80)32-39-31-64(92,8-2)35-77(33-39)20-15-43-42-13-10-11-14-46(42)71-55(43)66/h4,10-14,16,18,29-30,34,37-40,51-54,58-61,71,83-85,89,92-93H,7-9,15,17,19-28,31-33,35-36H2,1-3,5-6H3,(H,69,86)(H,70,82)(H,73,90)(H,74,91)(H,87,88)/t38-,39+,40+,51-,52+,53?,54?,58+,59-,60+,61+,64-,65+,66-,67+,68-/m0/s1. The summed E-state index contributed by atoms with van der Waals surface area (Å²) in [6, 6.07) is 9.21. The highest BCUT2D eigenvalue weighted by Gasteiger charge is 2.79. The fourth-order valence-electron chi connectivity index (χ4n) is 17.1. The highest BCUT2D eigenvalue weighted by atomic mass is 33.1. The van der Waals surface area contributed by atoms with Crippen LogP contribution in [0.25, 0.3) is 10.9 Å². The van der Waals surface area contributed by atoms with E-state index < -0.39 is 130 Å². The van der Waals surface area contributed by atoms with Crippen LogP contribution >= 0.6 is 21.6 Å². The second kappa shape index (κ2) is 30.5. The lowest BCUT2D eigenvalue weighted by Gasteiger charge is -2.63. The van der Waals surface area contributed by atoms with Crippen LogP contribution in [0.3, 0.4) is 0 Å². The number of benzene rings is 2. The summed E-state index contributed by atoms with van der Waals surface area (Å²) in [4.78, 5) is 102. The van der Waals surface area contributed by atoms with Crippen LogP contribution in [0.2, 0.25) is 0 Å². The lowest BCUT2D eigenvalue weighted by Crippen LogP contribution is -2.82. The molecule has 3 unspecified atom stereocenters. The van der Waals surface area contributed by atoms with E-state index in [0.717, 1.165) is 33.3 Å². The molecule has 2 bridgehead atoms. The number of hydrogen-bond acceptors (Lipinski definition) is 25. The van der Waals surface area contributed by atoms with Crippen molar-refractivity contribution in [3.63, 3.8) is 0 Å². The number of Topliss-reactive ketones (excluding diaryl/α,β-unsaturated/α-hetero) is 1. The maximum atomic E-state index is 15.2. The summed E-state index contributed by atoms with van der Waals surface area (Å²) in [5, 5.41) is 92.8. The molecule has 17 atom stereocenters. The Morgan fingerprint density at radius 1 is 0.960 bits per heavy atom. The number of aromatic nitrogens is 4. The third-order valence-corrected chi connectivity index (χ3v) is 23.8. The summed E-state index contributed by atoms with van der Waals surface area (Å²) in [5.41, 5.74) is 3.13. The second-order valence-corrected chi connectivity index (χ2v) is 29.9. The summed E-state index contributed by atoms with van der Waals surface area (Å²) >= 11 is 0. The first-order valence-electron chi connectivity index (χ1n) is 33.9. The van der Waals surface area contributed by atoms with Crippen LogP contribution in [0.15, 0.2) is 54.7 Å². The molecule has 12 N–H and O–H groups in total. The number of H-pyrrole nitrogens is 1. The van der Waals surface area contributed by atoms with Crippen LogP contribution in [0, 0.1) is 30.7 Å². The molecule has 8 heterocycles. The van der Waals surface area contributed by atoms with Gasteiger partial charge in [0.25, 0.3) is 12.4 Å². The van der Waals surface area contributed by atoms with Gasteiger partial charge in [-0.3, -0.25) is 39.2 Å². The quantitative estimate of drug-likeness (QED) is 0.0122. The third kappa shape index (κ3) is 13.8. The van der Waals surface area contributed by atoms with Crippen molar-refractivity contribution in [2.45, 2.75) is 162 Å². The summed E-state index contributed by atoms with van der Waals surface area (Å²) in [7, 11) is 5.95. The van der Waals surface area contributed by atoms with Crippen molar-refractivity contribution in [3.8, 4) is 5.75 Å². The molecule has 1 aliphatic carbocycles. The van der Waals surface area contributed by atoms with Crippen LogP contribution < -0.4 is 31.1 Å². The molecule has 1 saturated carbocycles. The predicted octanol–water partition coefficient (Wildman–Crippen LogP) is 0.588. The number of methoxy groups -OCH3 is 1. The van der Waals surface area contributed by atoms with Gasteiger partial charge in [0.2, 0.25) is 11.8 Å². The number of likely N-dealkylation sites (N-methyl/N-ethyl adjacent to an activating group) is 1. The Balaban J connectivity index is 0.748. The van der Waals surface area contributed by atoms with Crippen LogP contribution in [-0.2, 0) is 77.9 Å². The molecule has 2 aromatic heterocycles. The Hall–Kier alpha value is -6.95. The Kier molecular flexibility index (Phi) is 22.7. The van der Waals surface area contributed by atoms with Gasteiger partial charge in [0, 0.05) is 121 Å². The van der Waals surface area contributed by atoms with Gasteiger partial charge in [0.05, 0.1) is 61.5 Å². The molecule has 30 nitrogen and oxygen atoms in total. The van der Waals surface area contributed by atoms with Crippen LogP contribution in [0.5, 0.6) is 5.75 Å². The van der Waals surface area contributed by atoms with Crippen LogP contribution in [0.4, 0.5) is 10.5 Å². The average Bonchev–Trinajstić information content (AvgIpc) is 1.47. The Bertz CT molecular complexity index is 3710. The van der Waals surface area contributed by atoms with E-state index in [1.165, 1.54) is 39.0 Å². The maximum Gasteiger partial charge on any atom is 0.426 e. The number of piperidine rings is 1. The number of aliphatic hydroxyl groups excluding tert-OH is 4. The van der Waals surface area contributed by atoms with Crippen molar-refractivity contribution in [2.24, 2.45) is 17.3 Å². The lowest BCUT2D eigenvalue weighted by molar-refractivity contribution is -0.294. The van der Waals surface area contributed by atoms with Crippen molar-refractivity contribution in [1.29, 1.82) is 0 Å². The first kappa shape index (κ1) is 74.2. The van der Waals surface area contributed by atoms with Gasteiger partial charge in [-0.1, -0.05) is 77.9 Å². The molecule has 2 aromatic carbocycles. The number of ketones is 1. The number of fused-ring (bicyclic) bond motifs is 6. The van der Waals surface area contributed by atoms with Gasteiger partial charge < -0.3 is 79.9 Å². The van der Waals surface area contributed by atoms with Crippen molar-refractivity contribution < 1.29 is 93.0 Å². The third-order valence-electron chi connectivity index (χ3n) is 21.6. The van der Waals surface area contributed by atoms with E-state index in [-0.39, 0.29) is 62.3 Å². The number of carboxylic acids is 1. The van der Waals surface area contributed by atoms with Crippen LogP contribution in [0.1, 0.15) is 93.8 Å². The number of aliphatic carboxylic acids is 1. The van der Waals surface area contributed by atoms with Gasteiger partial charge in [-0.25, -0.2) is 19.7 Å². The molecule has 100 heavy (non-hydrogen) atoms. The SMILES string of the molecule is [CH][C@H](NC(=O)CC)C(=O)C[C@@H](Cc1cn(CCO[C@@H]2OC(C(=O)O)[C@H](O)[C@H](O)C2O)nn1)C(=O)N[CH]CSSCCOC(=O)NNC(=O)[C@@]1(O)[C@H](O)[C@]2(CC)C=CCN3CC[C@@]4(c5cc([C@@]6(COC=O)C[C@@H]7CN(CCc8c6[nH]c6ccccc86)C[C@](O)(CC)C7)c(OC)cc5N(C)[C@@H]14)[C@@H]32. The van der Waals surface area contributed by atoms with E-state index in [9.17, 15) is 64.5 Å². The maximum absolute atomic E-state index is 15.2. The van der Waals surface area contributed by atoms with E-state index in [0.29, 0.717) is 89.2 Å². The van der Waals surface area contributed by atoms with Crippen molar-refractivity contribution in [3.05, 3.63) is 96.3 Å². The number of carbonyl (C=O) groups excluding carboxylic acids is 6. The number of hydrazine groups is 1. The minimum Gasteiger partial charge on any atom is -0.496 e. The minimum absolute atomic E-state index is 0.0248. The fourth-order valence-corrected chi connectivity index (χ4v) is 18.7. The molecule has 3 saturated heterocycles. The number of amides is 4. The second-order valence-electron chi connectivity index (χ2n) is 27.3. The molecule has 4 aromatic rings. The summed E-state index contributed by atoms with van der Waals surface area (Å²) in [6.45, 7) is 16.0. The highest BCUT2D eigenvalue weighted by Crippen LogP contribution is 2.68. The van der Waals surface area contributed by atoms with E-state index in [1.807, 2.05) is 55.2 Å². The summed E-state index contributed by atoms with van der Waals surface area (Å²) in [6.07, 6.45) is -3.90. The molecule has 543 valence electrons. The van der Waals surface area contributed by atoms with E-state index >= 15 is 4.79 Å². The zero-order valence-corrected chi connectivity index (χ0v) is 58.1. The Labute approximate surface area is 586 Å². The van der Waals surface area contributed by atoms with Crippen molar-refractivity contribution >= 4 is 80.2 Å². The average molecular weight is 1430 g/mol. The summed E-state index contributed by atoms with van der Waals surface area (Å²) in [5.74, 6) is -4.52. The number of aromatic amines is 1. The zero-order valence-electron chi connectivity index (χ0n) is 56.5. The Morgan fingerprint density at radius 3 is 2.49 bits per heavy atom. The number of anilines is 1. The van der Waals surface area contributed by atoms with E-state index in [2.05, 4.69) is 58.7 Å². The number of hydrogen-bond donors (Lipinski definition) is 12. The molecular formula is C68H90N11O19S2. The lowest BCUT2D eigenvalue weighted by atomic mass is 9.47. The normalized spacial score (nSPS) is 31.7. The molecule has 6 aliphatic heterocycles. The fraction of sp³-hybridized carbons (Fsp3) is 0.603. The highest BCUT2D eigenvalue weighted by molar-refractivity contribution is 8.76. The van der Waals surface area contributed by atoms with Gasteiger partial charge in [0.1, 0.15) is 43.4 Å². The number of aliphatic hydroxyl groups is 6. The molecular weight excluding hydrogens is 1340 g/mol. The number of nitrogens with one attached hydrogen (secondary N) is 5. The van der Waals surface area contributed by atoms with E-state index in [1.54, 1.807) is 21.1 Å². The van der Waals surface area contributed by atoms with E-state index in [4.69, 9.17) is 30.6 Å². The van der Waals surface area contributed by atoms with Crippen molar-refractivity contribution in [2.75, 3.05) is 83.1 Å². The predicted molar refractivity (Wildman–Crippen MR) is 362 cm³/mol. The number of nitrogens with zero attached hydrogens (tertiary/aromatic N) is 6. The van der Waals surface area contributed by atoms with Gasteiger partial charge >= 0.3 is 12.1 Å². The monoisotopic (exact) mass is 1430 g/mol. The topological polar surface area (TPSA) is 412 Å². The summed E-state index contributed by atoms with van der Waals surface area (Å²) < 4.78 is 29.9. The molecule has 4 fully saturated rings. The van der Waals surface area contributed by atoms with Gasteiger partial charge in [-0.2, -0.15) is 0 Å². The smallest absolute Gasteiger partial charge is 0.426 e.